The standard InChI is InChI=1S/C12H18N2O3S/c1-17-10-5-3-2-4-8(11(10)15)14-12(16)9-6-18-7-13-9/h6-8,10-11,15H,2-5H2,1H3,(H,14,16)/t8-,10-,11-/m1/s1. The van der Waals surface area contributed by atoms with Crippen LogP contribution in [-0.4, -0.2) is 41.4 Å². The van der Waals surface area contributed by atoms with E-state index in [-0.39, 0.29) is 18.1 Å². The van der Waals surface area contributed by atoms with Crippen molar-refractivity contribution in [1.82, 2.24) is 10.3 Å². The Kier molecular flexibility index (Phi) is 4.68. The maximum Gasteiger partial charge on any atom is 0.271 e. The van der Waals surface area contributed by atoms with E-state index in [2.05, 4.69) is 10.3 Å². The number of hydrogen-bond acceptors (Lipinski definition) is 5. The van der Waals surface area contributed by atoms with Crippen molar-refractivity contribution in [2.45, 2.75) is 43.9 Å². The molecule has 1 saturated carbocycles. The number of hydrogen-bond donors (Lipinski definition) is 2. The highest BCUT2D eigenvalue weighted by molar-refractivity contribution is 7.07. The van der Waals surface area contributed by atoms with Gasteiger partial charge in [0.15, 0.2) is 0 Å². The number of nitrogens with one attached hydrogen (secondary N) is 1. The summed E-state index contributed by atoms with van der Waals surface area (Å²) in [6.07, 6.45) is 2.75. The number of aliphatic hydroxyl groups excluding tert-OH is 1. The average molecular weight is 270 g/mol. The molecule has 6 heteroatoms. The summed E-state index contributed by atoms with van der Waals surface area (Å²) in [7, 11) is 1.60. The molecular weight excluding hydrogens is 252 g/mol. The molecule has 1 amide bonds. The molecule has 1 aromatic heterocycles. The second-order valence-electron chi connectivity index (χ2n) is 4.50. The van der Waals surface area contributed by atoms with E-state index < -0.39 is 6.10 Å². The van der Waals surface area contributed by atoms with Crippen LogP contribution in [-0.2, 0) is 4.74 Å². The van der Waals surface area contributed by atoms with E-state index in [1.807, 2.05) is 0 Å². The highest BCUT2D eigenvalue weighted by atomic mass is 32.1. The van der Waals surface area contributed by atoms with E-state index in [0.717, 1.165) is 25.7 Å². The minimum absolute atomic E-state index is 0.201. The molecule has 5 nitrogen and oxygen atoms in total. The number of thiazole rings is 1. The first kappa shape index (κ1) is 13.5. The zero-order valence-electron chi connectivity index (χ0n) is 10.3. The van der Waals surface area contributed by atoms with Gasteiger partial charge in [-0.05, 0) is 12.8 Å². The van der Waals surface area contributed by atoms with E-state index in [4.69, 9.17) is 4.74 Å². The maximum atomic E-state index is 11.9. The van der Waals surface area contributed by atoms with Crippen molar-refractivity contribution in [2.75, 3.05) is 7.11 Å². The minimum atomic E-state index is -0.653. The van der Waals surface area contributed by atoms with Crippen molar-refractivity contribution in [3.8, 4) is 0 Å². The molecule has 0 aromatic carbocycles. The number of carbonyl (C=O) groups is 1. The van der Waals surface area contributed by atoms with Gasteiger partial charge in [-0.2, -0.15) is 0 Å². The Morgan fingerprint density at radius 2 is 2.33 bits per heavy atom. The zero-order chi connectivity index (χ0) is 13.0. The van der Waals surface area contributed by atoms with E-state index in [9.17, 15) is 9.90 Å². The van der Waals surface area contributed by atoms with E-state index in [1.54, 1.807) is 18.0 Å². The van der Waals surface area contributed by atoms with Crippen molar-refractivity contribution in [2.24, 2.45) is 0 Å². The molecule has 0 spiro atoms. The molecule has 1 aromatic rings. The third kappa shape index (κ3) is 3.07. The van der Waals surface area contributed by atoms with E-state index in [0.29, 0.717) is 5.69 Å². The first-order chi connectivity index (χ1) is 8.72. The van der Waals surface area contributed by atoms with Gasteiger partial charge in [0.25, 0.3) is 5.91 Å². The predicted octanol–water partition coefficient (Wildman–Crippen LogP) is 1.19. The summed E-state index contributed by atoms with van der Waals surface area (Å²) in [6.45, 7) is 0. The van der Waals surface area contributed by atoms with Crippen molar-refractivity contribution in [3.05, 3.63) is 16.6 Å². The van der Waals surface area contributed by atoms with Crippen LogP contribution in [0.15, 0.2) is 10.9 Å². The van der Waals surface area contributed by atoms with Crippen molar-refractivity contribution in [3.63, 3.8) is 0 Å². The van der Waals surface area contributed by atoms with Gasteiger partial charge in [-0.1, -0.05) is 12.8 Å². The molecule has 2 rings (SSSR count). The molecule has 1 aliphatic rings. The number of methoxy groups -OCH3 is 1. The SMILES string of the molecule is CO[C@@H]1CCCC[C@@H](NC(=O)c2cscn2)[C@H]1O. The van der Waals surface area contributed by atoms with Gasteiger partial charge >= 0.3 is 0 Å². The van der Waals surface area contributed by atoms with Gasteiger partial charge in [-0.15, -0.1) is 11.3 Å². The van der Waals surface area contributed by atoms with Gasteiger partial charge in [0.2, 0.25) is 0 Å². The monoisotopic (exact) mass is 270 g/mol. The lowest BCUT2D eigenvalue weighted by Crippen LogP contribution is -2.48. The van der Waals surface area contributed by atoms with Gasteiger partial charge in [-0.3, -0.25) is 4.79 Å². The summed E-state index contributed by atoms with van der Waals surface area (Å²) >= 11 is 1.38. The smallest absolute Gasteiger partial charge is 0.271 e. The fourth-order valence-electron chi connectivity index (χ4n) is 2.29. The zero-order valence-corrected chi connectivity index (χ0v) is 11.2. The van der Waals surface area contributed by atoms with Gasteiger partial charge in [0.05, 0.1) is 17.7 Å². The van der Waals surface area contributed by atoms with Crippen LogP contribution >= 0.6 is 11.3 Å². The Morgan fingerprint density at radius 3 is 3.00 bits per heavy atom. The van der Waals surface area contributed by atoms with Crippen LogP contribution in [0.5, 0.6) is 0 Å². The third-order valence-corrected chi connectivity index (χ3v) is 3.92. The van der Waals surface area contributed by atoms with Crippen LogP contribution < -0.4 is 5.32 Å². The van der Waals surface area contributed by atoms with Crippen LogP contribution in [0, 0.1) is 0 Å². The molecule has 2 N–H and O–H groups in total. The second-order valence-corrected chi connectivity index (χ2v) is 5.22. The summed E-state index contributed by atoms with van der Waals surface area (Å²) in [5.41, 5.74) is 2.03. The Labute approximate surface area is 110 Å². The van der Waals surface area contributed by atoms with Crippen LogP contribution in [0.4, 0.5) is 0 Å². The number of rotatable bonds is 3. The minimum Gasteiger partial charge on any atom is -0.388 e. The molecule has 100 valence electrons. The number of aliphatic hydroxyl groups is 1. The van der Waals surface area contributed by atoms with E-state index >= 15 is 0 Å². The number of aromatic nitrogens is 1. The average Bonchev–Trinajstić information content (AvgIpc) is 2.85. The highest BCUT2D eigenvalue weighted by Crippen LogP contribution is 2.21. The molecule has 1 heterocycles. The van der Waals surface area contributed by atoms with Crippen molar-refractivity contribution >= 4 is 17.2 Å². The lowest BCUT2D eigenvalue weighted by atomic mass is 10.0. The fraction of sp³-hybridized carbons (Fsp3) is 0.667. The molecule has 1 fully saturated rings. The summed E-state index contributed by atoms with van der Waals surface area (Å²) in [5.74, 6) is -0.225. The molecule has 0 saturated heterocycles. The van der Waals surface area contributed by atoms with Crippen LogP contribution in [0.2, 0.25) is 0 Å². The predicted molar refractivity (Wildman–Crippen MR) is 68.6 cm³/mol. The van der Waals surface area contributed by atoms with E-state index in [1.165, 1.54) is 11.3 Å². The van der Waals surface area contributed by atoms with Crippen molar-refractivity contribution < 1.29 is 14.6 Å². The van der Waals surface area contributed by atoms with Crippen LogP contribution in [0.1, 0.15) is 36.2 Å². The first-order valence-corrected chi connectivity index (χ1v) is 7.06. The largest absolute Gasteiger partial charge is 0.388 e. The summed E-state index contributed by atoms with van der Waals surface area (Å²) in [6, 6.07) is -0.258. The topological polar surface area (TPSA) is 71.5 Å². The molecule has 0 bridgehead atoms. The van der Waals surface area contributed by atoms with Gasteiger partial charge in [0.1, 0.15) is 11.8 Å². The molecule has 18 heavy (non-hydrogen) atoms. The molecule has 0 unspecified atom stereocenters. The molecule has 0 aliphatic heterocycles. The normalized spacial score (nSPS) is 28.7. The van der Waals surface area contributed by atoms with Crippen molar-refractivity contribution in [1.29, 1.82) is 0 Å². The maximum absolute atomic E-state index is 11.9. The summed E-state index contributed by atoms with van der Waals surface area (Å²) in [5, 5.41) is 14.7. The summed E-state index contributed by atoms with van der Waals surface area (Å²) < 4.78 is 5.27. The second kappa shape index (κ2) is 6.26. The first-order valence-electron chi connectivity index (χ1n) is 6.12. The lowest BCUT2D eigenvalue weighted by molar-refractivity contribution is -0.0277. The van der Waals surface area contributed by atoms with Crippen LogP contribution in [0.3, 0.4) is 0 Å². The Balaban J connectivity index is 2.00. The molecule has 3 atom stereocenters. The number of ether oxygens (including phenoxy) is 1. The van der Waals surface area contributed by atoms with Gasteiger partial charge < -0.3 is 15.2 Å². The molecular formula is C12H18N2O3S. The Morgan fingerprint density at radius 1 is 1.56 bits per heavy atom. The number of nitrogens with zero attached hydrogens (tertiary/aromatic N) is 1. The number of carbonyl (C=O) groups excluding carboxylic acids is 1. The lowest BCUT2D eigenvalue weighted by Gasteiger charge is -2.26. The van der Waals surface area contributed by atoms with Crippen LogP contribution in [0.25, 0.3) is 0 Å². The third-order valence-electron chi connectivity index (χ3n) is 3.33. The molecule has 1 aliphatic carbocycles. The Bertz CT molecular complexity index is 383. The fourth-order valence-corrected chi connectivity index (χ4v) is 2.82. The Hall–Kier alpha value is -0.980. The number of amides is 1. The van der Waals surface area contributed by atoms with Gasteiger partial charge in [0, 0.05) is 12.5 Å². The quantitative estimate of drug-likeness (QED) is 0.809. The molecule has 0 radical (unpaired) electrons. The highest BCUT2D eigenvalue weighted by Gasteiger charge is 2.31. The van der Waals surface area contributed by atoms with Gasteiger partial charge in [-0.25, -0.2) is 4.98 Å². The summed E-state index contributed by atoms with van der Waals surface area (Å²) in [4.78, 5) is 15.9.